The van der Waals surface area contributed by atoms with Crippen molar-refractivity contribution in [2.75, 3.05) is 6.67 Å². The Morgan fingerprint density at radius 3 is 2.21 bits per heavy atom. The third-order valence-electron chi connectivity index (χ3n) is 1.36. The summed E-state index contributed by atoms with van der Waals surface area (Å²) in [4.78, 5) is 31.1. The van der Waals surface area contributed by atoms with Crippen LogP contribution >= 0.6 is 0 Å². The molecule has 0 radical (unpaired) electrons. The van der Waals surface area contributed by atoms with Gasteiger partial charge in [0, 0.05) is 6.92 Å². The van der Waals surface area contributed by atoms with Gasteiger partial charge in [-0.2, -0.15) is 0 Å². The highest BCUT2D eigenvalue weighted by Gasteiger charge is 2.19. The van der Waals surface area contributed by atoms with Crippen molar-refractivity contribution in [1.29, 1.82) is 0 Å². The molecule has 7 nitrogen and oxygen atoms in total. The second kappa shape index (κ2) is 5.92. The first kappa shape index (κ1) is 12.4. The van der Waals surface area contributed by atoms with Gasteiger partial charge in [-0.1, -0.05) is 0 Å². The number of hydrogen-bond acceptors (Lipinski definition) is 4. The smallest absolute Gasteiger partial charge is 0.321 e. The molecule has 0 aromatic carbocycles. The third kappa shape index (κ3) is 5.95. The van der Waals surface area contributed by atoms with Crippen LogP contribution in [0.1, 0.15) is 13.3 Å². The summed E-state index contributed by atoms with van der Waals surface area (Å²) in [5.41, 5.74) is 0. The van der Waals surface area contributed by atoms with Crippen molar-refractivity contribution in [2.45, 2.75) is 19.4 Å². The van der Waals surface area contributed by atoms with Gasteiger partial charge in [-0.3, -0.25) is 19.7 Å². The standard InChI is InChI=1S/C7H12N2O5/c1-4(10)8-3-9-5(7(13)14)2-6(11)12/h5,9H,2-3H2,1H3,(H,8,10)(H,11,12)(H,13,14)/t5-/m0/s1. The van der Waals surface area contributed by atoms with Gasteiger partial charge in [0.2, 0.25) is 5.91 Å². The zero-order valence-electron chi connectivity index (χ0n) is 7.61. The van der Waals surface area contributed by atoms with E-state index in [0.29, 0.717) is 0 Å². The highest BCUT2D eigenvalue weighted by Crippen LogP contribution is 1.91. The minimum Gasteiger partial charge on any atom is -0.481 e. The normalized spacial score (nSPS) is 11.8. The maximum Gasteiger partial charge on any atom is 0.321 e. The zero-order valence-corrected chi connectivity index (χ0v) is 7.61. The number of amides is 1. The van der Waals surface area contributed by atoms with Crippen molar-refractivity contribution in [3.05, 3.63) is 0 Å². The van der Waals surface area contributed by atoms with Crippen LogP contribution in [0.25, 0.3) is 0 Å². The molecule has 0 rings (SSSR count). The van der Waals surface area contributed by atoms with Crippen LogP contribution in [0.4, 0.5) is 0 Å². The molecule has 4 N–H and O–H groups in total. The molecule has 80 valence electrons. The van der Waals surface area contributed by atoms with Crippen LogP contribution in [0.2, 0.25) is 0 Å². The van der Waals surface area contributed by atoms with E-state index in [1.54, 1.807) is 0 Å². The second-order valence-corrected chi connectivity index (χ2v) is 2.60. The van der Waals surface area contributed by atoms with Gasteiger partial charge in [0.25, 0.3) is 0 Å². The Morgan fingerprint density at radius 2 is 1.86 bits per heavy atom. The van der Waals surface area contributed by atoms with Crippen molar-refractivity contribution in [3.8, 4) is 0 Å². The molecule has 0 saturated carbocycles. The lowest BCUT2D eigenvalue weighted by Crippen LogP contribution is -2.44. The van der Waals surface area contributed by atoms with Gasteiger partial charge in [-0.05, 0) is 0 Å². The minimum absolute atomic E-state index is 0.0699. The largest absolute Gasteiger partial charge is 0.481 e. The predicted octanol–water partition coefficient (Wildman–Crippen LogP) is -1.40. The molecule has 0 unspecified atom stereocenters. The van der Waals surface area contributed by atoms with Crippen LogP contribution in [0, 0.1) is 0 Å². The average Bonchev–Trinajstić information content (AvgIpc) is 2.00. The zero-order chi connectivity index (χ0) is 11.1. The van der Waals surface area contributed by atoms with Gasteiger partial charge in [0.05, 0.1) is 13.1 Å². The van der Waals surface area contributed by atoms with Crippen LogP contribution in [0.5, 0.6) is 0 Å². The van der Waals surface area contributed by atoms with Crippen molar-refractivity contribution < 1.29 is 24.6 Å². The van der Waals surface area contributed by atoms with Crippen LogP contribution < -0.4 is 10.6 Å². The molecule has 14 heavy (non-hydrogen) atoms. The van der Waals surface area contributed by atoms with Crippen molar-refractivity contribution in [3.63, 3.8) is 0 Å². The summed E-state index contributed by atoms with van der Waals surface area (Å²) < 4.78 is 0. The summed E-state index contributed by atoms with van der Waals surface area (Å²) in [5, 5.41) is 21.6. The Hall–Kier alpha value is -1.63. The number of hydrogen-bond donors (Lipinski definition) is 4. The van der Waals surface area contributed by atoms with Crippen molar-refractivity contribution in [1.82, 2.24) is 10.6 Å². The molecule has 0 aromatic heterocycles. The van der Waals surface area contributed by atoms with E-state index >= 15 is 0 Å². The lowest BCUT2D eigenvalue weighted by molar-refractivity contribution is -0.146. The molecule has 1 atom stereocenters. The van der Waals surface area contributed by atoms with Crippen LogP contribution in [-0.2, 0) is 14.4 Å². The fourth-order valence-corrected chi connectivity index (χ4v) is 0.720. The summed E-state index contributed by atoms with van der Waals surface area (Å²) in [5.74, 6) is -2.80. The molecule has 0 aromatic rings. The summed E-state index contributed by atoms with van der Waals surface area (Å²) in [7, 11) is 0. The highest BCUT2D eigenvalue weighted by atomic mass is 16.4. The molecule has 0 heterocycles. The number of nitrogens with one attached hydrogen (secondary N) is 2. The molecule has 0 aliphatic carbocycles. The molecular weight excluding hydrogens is 192 g/mol. The van der Waals surface area contributed by atoms with Crippen molar-refractivity contribution >= 4 is 17.8 Å². The first-order chi connectivity index (χ1) is 6.43. The monoisotopic (exact) mass is 204 g/mol. The van der Waals surface area contributed by atoms with Gasteiger partial charge < -0.3 is 15.5 Å². The third-order valence-corrected chi connectivity index (χ3v) is 1.36. The fourth-order valence-electron chi connectivity index (χ4n) is 0.720. The van der Waals surface area contributed by atoms with E-state index in [0.717, 1.165) is 0 Å². The van der Waals surface area contributed by atoms with Crippen LogP contribution in [0.3, 0.4) is 0 Å². The first-order valence-electron chi connectivity index (χ1n) is 3.86. The molecule has 0 fully saturated rings. The lowest BCUT2D eigenvalue weighted by Gasteiger charge is -2.11. The van der Waals surface area contributed by atoms with E-state index in [4.69, 9.17) is 10.2 Å². The number of carbonyl (C=O) groups excluding carboxylic acids is 1. The summed E-state index contributed by atoms with van der Waals surface area (Å²) in [6, 6.07) is -1.20. The summed E-state index contributed by atoms with van der Waals surface area (Å²) in [6.45, 7) is 1.20. The van der Waals surface area contributed by atoms with E-state index in [-0.39, 0.29) is 12.6 Å². The fraction of sp³-hybridized carbons (Fsp3) is 0.571. The molecule has 0 aliphatic heterocycles. The topological polar surface area (TPSA) is 116 Å². The maximum atomic E-state index is 10.5. The van der Waals surface area contributed by atoms with Gasteiger partial charge in [-0.15, -0.1) is 0 Å². The van der Waals surface area contributed by atoms with Crippen LogP contribution in [0.15, 0.2) is 0 Å². The van der Waals surface area contributed by atoms with Gasteiger partial charge in [-0.25, -0.2) is 0 Å². The molecule has 1 amide bonds. The Morgan fingerprint density at radius 1 is 1.29 bits per heavy atom. The number of carbonyl (C=O) groups is 3. The molecule has 0 aliphatic rings. The number of carboxylic acids is 2. The molecule has 0 saturated heterocycles. The Labute approximate surface area is 80.1 Å². The quantitative estimate of drug-likeness (QED) is 0.395. The van der Waals surface area contributed by atoms with Crippen molar-refractivity contribution in [2.24, 2.45) is 0 Å². The maximum absolute atomic E-state index is 10.5. The number of rotatable bonds is 6. The van der Waals surface area contributed by atoms with E-state index in [2.05, 4.69) is 10.6 Å². The van der Waals surface area contributed by atoms with E-state index < -0.39 is 24.4 Å². The SMILES string of the molecule is CC(=O)NCN[C@@H](CC(=O)O)C(=O)O. The highest BCUT2D eigenvalue weighted by molar-refractivity contribution is 5.80. The molecule has 0 spiro atoms. The molecule has 0 bridgehead atoms. The Balaban J connectivity index is 3.91. The summed E-state index contributed by atoms with van der Waals surface area (Å²) in [6.07, 6.45) is -0.533. The number of aliphatic carboxylic acids is 2. The van der Waals surface area contributed by atoms with Gasteiger partial charge in [0.1, 0.15) is 6.04 Å². The second-order valence-electron chi connectivity index (χ2n) is 2.60. The van der Waals surface area contributed by atoms with Gasteiger partial charge in [0.15, 0.2) is 0 Å². The van der Waals surface area contributed by atoms with Gasteiger partial charge >= 0.3 is 11.9 Å². The Kier molecular flexibility index (Phi) is 5.23. The average molecular weight is 204 g/mol. The molecule has 7 heteroatoms. The lowest BCUT2D eigenvalue weighted by atomic mass is 10.2. The summed E-state index contributed by atoms with van der Waals surface area (Å²) >= 11 is 0. The van der Waals surface area contributed by atoms with E-state index in [9.17, 15) is 14.4 Å². The first-order valence-corrected chi connectivity index (χ1v) is 3.86. The predicted molar refractivity (Wildman–Crippen MR) is 45.5 cm³/mol. The van der Waals surface area contributed by atoms with Crippen LogP contribution in [-0.4, -0.2) is 40.8 Å². The van der Waals surface area contributed by atoms with E-state index in [1.165, 1.54) is 6.92 Å². The van der Waals surface area contributed by atoms with E-state index in [1.807, 2.05) is 0 Å². The Bertz CT molecular complexity index is 240. The minimum atomic E-state index is -1.27. The molecular formula is C7H12N2O5. The number of carboxylic acid groups (broad SMARTS) is 2.